The average Bonchev–Trinajstić information content (AvgIpc) is 2.92. The minimum atomic E-state index is -1.48. The van der Waals surface area contributed by atoms with Gasteiger partial charge in [-0.2, -0.15) is 0 Å². The first-order valence-corrected chi connectivity index (χ1v) is 8.08. The summed E-state index contributed by atoms with van der Waals surface area (Å²) in [6.45, 7) is 5.70. The highest BCUT2D eigenvalue weighted by atomic mass is 16.6. The molecule has 0 N–H and O–H groups in total. The average molecular weight is 334 g/mol. The van der Waals surface area contributed by atoms with E-state index < -0.39 is 23.2 Å². The first-order valence-electron chi connectivity index (χ1n) is 8.08. The number of likely N-dealkylation sites (tertiary alicyclic amines) is 1. The Morgan fingerprint density at radius 1 is 1.25 bits per heavy atom. The van der Waals surface area contributed by atoms with Gasteiger partial charge in [-0.25, -0.2) is 4.79 Å². The molecule has 1 aliphatic rings. The van der Waals surface area contributed by atoms with Gasteiger partial charge in [-0.3, -0.25) is 4.90 Å². The Morgan fingerprint density at radius 2 is 1.92 bits per heavy atom. The van der Waals surface area contributed by atoms with E-state index in [1.807, 2.05) is 30.3 Å². The molecule has 0 unspecified atom stereocenters. The molecular weight excluding hydrogens is 310 g/mol. The summed E-state index contributed by atoms with van der Waals surface area (Å²) in [6, 6.07) is 9.46. The van der Waals surface area contributed by atoms with Crippen LogP contribution >= 0.6 is 0 Å². The highest BCUT2D eigenvalue weighted by Gasteiger charge is 2.47. The quantitative estimate of drug-likeness (QED) is 0.819. The number of carbonyl (C=O) groups excluding carboxylic acids is 2. The number of aliphatic carboxylic acids is 1. The van der Waals surface area contributed by atoms with E-state index in [9.17, 15) is 14.7 Å². The summed E-state index contributed by atoms with van der Waals surface area (Å²) in [5.41, 5.74) is -1.23. The van der Waals surface area contributed by atoms with Crippen molar-refractivity contribution < 1.29 is 24.2 Å². The molecular formula is C18H24NO5-. The third-order valence-corrected chi connectivity index (χ3v) is 3.93. The summed E-state index contributed by atoms with van der Waals surface area (Å²) in [4.78, 5) is 25.4. The molecule has 1 aliphatic heterocycles. The zero-order valence-electron chi connectivity index (χ0n) is 14.4. The van der Waals surface area contributed by atoms with Crippen LogP contribution in [0.2, 0.25) is 0 Å². The molecule has 0 aliphatic carbocycles. The number of nitrogens with zero attached hydrogens (tertiary/aromatic N) is 1. The van der Waals surface area contributed by atoms with Gasteiger partial charge in [0.2, 0.25) is 0 Å². The number of rotatable bonds is 5. The molecule has 1 aromatic carbocycles. The van der Waals surface area contributed by atoms with Gasteiger partial charge in [0.15, 0.2) is 0 Å². The van der Waals surface area contributed by atoms with E-state index in [0.717, 1.165) is 5.56 Å². The predicted octanol–water partition coefficient (Wildman–Crippen LogP) is 1.72. The van der Waals surface area contributed by atoms with Gasteiger partial charge in [0.05, 0.1) is 19.2 Å². The molecule has 0 aromatic heterocycles. The van der Waals surface area contributed by atoms with E-state index in [1.165, 1.54) is 4.90 Å². The Bertz CT molecular complexity index is 581. The molecule has 6 heteroatoms. The van der Waals surface area contributed by atoms with Crippen LogP contribution < -0.4 is 5.11 Å². The van der Waals surface area contributed by atoms with Gasteiger partial charge in [0.25, 0.3) is 0 Å². The SMILES string of the molecule is CC(C)(C)OC(=O)N1CCC[C@@]1(COCc1ccccc1)C(=O)[O-]. The topological polar surface area (TPSA) is 78.9 Å². The smallest absolute Gasteiger partial charge is 0.411 e. The Kier molecular flexibility index (Phi) is 5.49. The van der Waals surface area contributed by atoms with Crippen LogP contribution in [0.1, 0.15) is 39.2 Å². The lowest BCUT2D eigenvalue weighted by Crippen LogP contribution is -2.61. The van der Waals surface area contributed by atoms with E-state index in [-0.39, 0.29) is 13.2 Å². The highest BCUT2D eigenvalue weighted by molar-refractivity contribution is 5.84. The molecule has 0 bridgehead atoms. The number of carbonyl (C=O) groups is 2. The largest absolute Gasteiger partial charge is 0.547 e. The Hall–Kier alpha value is -2.08. The Balaban J connectivity index is 2.07. The molecule has 0 spiro atoms. The van der Waals surface area contributed by atoms with Gasteiger partial charge >= 0.3 is 6.09 Å². The lowest BCUT2D eigenvalue weighted by atomic mass is 9.97. The number of amides is 1. The van der Waals surface area contributed by atoms with Crippen molar-refractivity contribution in [3.63, 3.8) is 0 Å². The molecule has 1 saturated heterocycles. The molecule has 1 amide bonds. The van der Waals surface area contributed by atoms with Gasteiger partial charge in [-0.15, -0.1) is 0 Å². The first-order chi connectivity index (χ1) is 11.2. The first kappa shape index (κ1) is 18.3. The summed E-state index contributed by atoms with van der Waals surface area (Å²) in [5, 5.41) is 11.8. The van der Waals surface area contributed by atoms with Crippen molar-refractivity contribution in [2.75, 3.05) is 13.2 Å². The summed E-state index contributed by atoms with van der Waals surface area (Å²) >= 11 is 0. The molecule has 1 atom stereocenters. The van der Waals surface area contributed by atoms with Crippen molar-refractivity contribution in [3.05, 3.63) is 35.9 Å². The summed E-state index contributed by atoms with van der Waals surface area (Å²) in [7, 11) is 0. The van der Waals surface area contributed by atoms with Gasteiger partial charge in [0.1, 0.15) is 11.1 Å². The lowest BCUT2D eigenvalue weighted by molar-refractivity contribution is -0.319. The number of hydrogen-bond acceptors (Lipinski definition) is 5. The van der Waals surface area contributed by atoms with Crippen molar-refractivity contribution in [3.8, 4) is 0 Å². The van der Waals surface area contributed by atoms with E-state index in [1.54, 1.807) is 20.8 Å². The van der Waals surface area contributed by atoms with Crippen LogP contribution in [0.15, 0.2) is 30.3 Å². The molecule has 0 saturated carbocycles. The summed E-state index contributed by atoms with van der Waals surface area (Å²) < 4.78 is 10.9. The normalized spacial score (nSPS) is 20.9. The number of carboxylic acid groups (broad SMARTS) is 1. The molecule has 1 fully saturated rings. The minimum Gasteiger partial charge on any atom is -0.547 e. The molecule has 0 radical (unpaired) electrons. The molecule has 1 aromatic rings. The van der Waals surface area contributed by atoms with Crippen molar-refractivity contribution in [2.45, 2.75) is 51.4 Å². The fourth-order valence-corrected chi connectivity index (χ4v) is 2.79. The molecule has 1 heterocycles. The number of hydrogen-bond donors (Lipinski definition) is 0. The summed E-state index contributed by atoms with van der Waals surface area (Å²) in [6.07, 6.45) is 0.221. The van der Waals surface area contributed by atoms with Gasteiger partial charge in [-0.05, 0) is 39.2 Å². The van der Waals surface area contributed by atoms with E-state index in [2.05, 4.69) is 0 Å². The number of carboxylic acids is 1. The van der Waals surface area contributed by atoms with Crippen molar-refractivity contribution in [1.82, 2.24) is 4.90 Å². The lowest BCUT2D eigenvalue weighted by Gasteiger charge is -2.39. The second kappa shape index (κ2) is 7.21. The monoisotopic (exact) mass is 334 g/mol. The third-order valence-electron chi connectivity index (χ3n) is 3.93. The van der Waals surface area contributed by atoms with Gasteiger partial charge in [-0.1, -0.05) is 30.3 Å². The van der Waals surface area contributed by atoms with Crippen molar-refractivity contribution in [1.29, 1.82) is 0 Å². The maximum absolute atomic E-state index is 12.4. The zero-order valence-corrected chi connectivity index (χ0v) is 14.4. The van der Waals surface area contributed by atoms with Crippen LogP contribution in [0.5, 0.6) is 0 Å². The van der Waals surface area contributed by atoms with Crippen LogP contribution in [0.3, 0.4) is 0 Å². The van der Waals surface area contributed by atoms with Crippen LogP contribution in [-0.2, 0) is 20.9 Å². The fourth-order valence-electron chi connectivity index (χ4n) is 2.79. The van der Waals surface area contributed by atoms with Crippen LogP contribution in [0.4, 0.5) is 4.79 Å². The second-order valence-electron chi connectivity index (χ2n) is 7.03. The fraction of sp³-hybridized carbons (Fsp3) is 0.556. The Labute approximate surface area is 142 Å². The standard InChI is InChI=1S/C18H25NO5/c1-17(2,3)24-16(22)19-11-7-10-18(19,15(20)21)13-23-12-14-8-5-4-6-9-14/h4-6,8-9H,7,10-13H2,1-3H3,(H,20,21)/p-1/t18-/m1/s1. The van der Waals surface area contributed by atoms with Crippen LogP contribution in [0.25, 0.3) is 0 Å². The minimum absolute atomic E-state index is 0.122. The second-order valence-corrected chi connectivity index (χ2v) is 7.03. The molecule has 6 nitrogen and oxygen atoms in total. The van der Waals surface area contributed by atoms with E-state index in [0.29, 0.717) is 19.4 Å². The third kappa shape index (κ3) is 4.26. The molecule has 2 rings (SSSR count). The molecule has 132 valence electrons. The maximum Gasteiger partial charge on any atom is 0.411 e. The maximum atomic E-state index is 12.4. The van der Waals surface area contributed by atoms with Crippen molar-refractivity contribution >= 4 is 12.1 Å². The van der Waals surface area contributed by atoms with Crippen LogP contribution in [0, 0.1) is 0 Å². The van der Waals surface area contributed by atoms with Gasteiger partial charge in [0, 0.05) is 6.54 Å². The van der Waals surface area contributed by atoms with Crippen LogP contribution in [-0.4, -0.2) is 41.3 Å². The number of ether oxygens (including phenoxy) is 2. The van der Waals surface area contributed by atoms with Crippen molar-refractivity contribution in [2.24, 2.45) is 0 Å². The summed E-state index contributed by atoms with van der Waals surface area (Å²) in [5.74, 6) is -1.31. The number of benzene rings is 1. The predicted molar refractivity (Wildman–Crippen MR) is 86.0 cm³/mol. The zero-order chi connectivity index (χ0) is 17.8. The Morgan fingerprint density at radius 3 is 2.50 bits per heavy atom. The van der Waals surface area contributed by atoms with E-state index >= 15 is 0 Å². The van der Waals surface area contributed by atoms with E-state index in [4.69, 9.17) is 9.47 Å². The van der Waals surface area contributed by atoms with Gasteiger partial charge < -0.3 is 19.4 Å². The molecule has 24 heavy (non-hydrogen) atoms. The highest BCUT2D eigenvalue weighted by Crippen LogP contribution is 2.31.